The molecule has 0 spiro atoms. The van der Waals surface area contributed by atoms with Gasteiger partial charge in [0.05, 0.1) is 5.02 Å². The Morgan fingerprint density at radius 3 is 2.81 bits per heavy atom. The third-order valence-electron chi connectivity index (χ3n) is 2.07. The van der Waals surface area contributed by atoms with E-state index < -0.39 is 12.1 Å². The van der Waals surface area contributed by atoms with Gasteiger partial charge in [0.2, 0.25) is 0 Å². The van der Waals surface area contributed by atoms with Gasteiger partial charge in [-0.05, 0) is 24.1 Å². The zero-order chi connectivity index (χ0) is 12.1. The molecule has 0 saturated heterocycles. The molecule has 0 heterocycles. The molecule has 0 saturated carbocycles. The molecular formula is C11H12BrClO3. The fourth-order valence-electron chi connectivity index (χ4n) is 1.18. The molecule has 0 aliphatic carbocycles. The van der Waals surface area contributed by atoms with Gasteiger partial charge in [-0.1, -0.05) is 40.5 Å². The quantitative estimate of drug-likeness (QED) is 0.847. The highest BCUT2D eigenvalue weighted by Gasteiger charge is 2.18. The Morgan fingerprint density at radius 2 is 2.31 bits per heavy atom. The van der Waals surface area contributed by atoms with Crippen LogP contribution in [0.25, 0.3) is 0 Å². The SMILES string of the molecule is CC[C@@H](Oc1cc(CBr)ccc1Cl)C(=O)O. The highest BCUT2D eigenvalue weighted by atomic mass is 79.9. The molecule has 5 heteroatoms. The van der Waals surface area contributed by atoms with Crippen molar-refractivity contribution in [2.24, 2.45) is 0 Å². The molecule has 1 N–H and O–H groups in total. The van der Waals surface area contributed by atoms with E-state index in [-0.39, 0.29) is 0 Å². The van der Waals surface area contributed by atoms with E-state index in [1.54, 1.807) is 19.1 Å². The van der Waals surface area contributed by atoms with Crippen molar-refractivity contribution in [2.75, 3.05) is 0 Å². The number of hydrogen-bond acceptors (Lipinski definition) is 2. The maximum Gasteiger partial charge on any atom is 0.344 e. The summed E-state index contributed by atoms with van der Waals surface area (Å²) in [6.07, 6.45) is -0.465. The van der Waals surface area contributed by atoms with Crippen molar-refractivity contribution in [3.05, 3.63) is 28.8 Å². The van der Waals surface area contributed by atoms with E-state index in [1.807, 2.05) is 6.07 Å². The van der Waals surface area contributed by atoms with E-state index in [0.717, 1.165) is 5.56 Å². The largest absolute Gasteiger partial charge is 0.479 e. The van der Waals surface area contributed by atoms with Gasteiger partial charge in [0.25, 0.3) is 0 Å². The molecule has 0 amide bonds. The minimum atomic E-state index is -0.984. The van der Waals surface area contributed by atoms with Crippen molar-refractivity contribution in [3.63, 3.8) is 0 Å². The van der Waals surface area contributed by atoms with E-state index >= 15 is 0 Å². The Kier molecular flexibility index (Phi) is 5.09. The average molecular weight is 308 g/mol. The average Bonchev–Trinajstić information content (AvgIpc) is 2.27. The van der Waals surface area contributed by atoms with Crippen LogP contribution in [-0.4, -0.2) is 17.2 Å². The lowest BCUT2D eigenvalue weighted by atomic mass is 10.2. The minimum absolute atomic E-state index is 0.393. The van der Waals surface area contributed by atoms with Crippen LogP contribution in [0.2, 0.25) is 5.02 Å². The number of carbonyl (C=O) groups is 1. The first-order chi connectivity index (χ1) is 7.58. The molecule has 1 aromatic rings. The molecule has 0 aliphatic heterocycles. The first-order valence-corrected chi connectivity index (χ1v) is 6.32. The van der Waals surface area contributed by atoms with Crippen LogP contribution in [0.15, 0.2) is 18.2 Å². The van der Waals surface area contributed by atoms with Crippen molar-refractivity contribution in [1.82, 2.24) is 0 Å². The molecule has 3 nitrogen and oxygen atoms in total. The van der Waals surface area contributed by atoms with Gasteiger partial charge < -0.3 is 9.84 Å². The van der Waals surface area contributed by atoms with Gasteiger partial charge in [-0.2, -0.15) is 0 Å². The van der Waals surface area contributed by atoms with E-state index in [9.17, 15) is 4.79 Å². The number of aliphatic carboxylic acids is 1. The number of hydrogen-bond donors (Lipinski definition) is 1. The van der Waals surface area contributed by atoms with Crippen LogP contribution in [0, 0.1) is 0 Å². The van der Waals surface area contributed by atoms with E-state index in [2.05, 4.69) is 15.9 Å². The van der Waals surface area contributed by atoms with E-state index in [4.69, 9.17) is 21.4 Å². The summed E-state index contributed by atoms with van der Waals surface area (Å²) < 4.78 is 5.35. The zero-order valence-electron chi connectivity index (χ0n) is 8.74. The lowest BCUT2D eigenvalue weighted by Gasteiger charge is -2.14. The number of carboxylic acid groups (broad SMARTS) is 1. The summed E-state index contributed by atoms with van der Waals surface area (Å²) in [5, 5.41) is 9.97. The van der Waals surface area contributed by atoms with Crippen LogP contribution in [-0.2, 0) is 10.1 Å². The number of halogens is 2. The summed E-state index contributed by atoms with van der Waals surface area (Å²) in [7, 11) is 0. The Morgan fingerprint density at radius 1 is 1.62 bits per heavy atom. The van der Waals surface area contributed by atoms with Crippen LogP contribution in [0.1, 0.15) is 18.9 Å². The molecule has 1 atom stereocenters. The molecular weight excluding hydrogens is 295 g/mol. The molecule has 0 unspecified atom stereocenters. The molecule has 88 valence electrons. The fourth-order valence-corrected chi connectivity index (χ4v) is 1.69. The Labute approximate surface area is 107 Å². The third kappa shape index (κ3) is 3.39. The summed E-state index contributed by atoms with van der Waals surface area (Å²) in [5.74, 6) is -0.573. The van der Waals surface area contributed by atoms with Gasteiger partial charge >= 0.3 is 5.97 Å². The maximum atomic E-state index is 10.8. The van der Waals surface area contributed by atoms with E-state index in [1.165, 1.54) is 0 Å². The molecule has 0 bridgehead atoms. The number of ether oxygens (including phenoxy) is 1. The third-order valence-corrected chi connectivity index (χ3v) is 3.03. The van der Waals surface area contributed by atoms with Crippen molar-refractivity contribution < 1.29 is 14.6 Å². The van der Waals surface area contributed by atoms with Crippen LogP contribution < -0.4 is 4.74 Å². The van der Waals surface area contributed by atoms with Gasteiger partial charge in [-0.3, -0.25) is 0 Å². The van der Waals surface area contributed by atoms with Crippen molar-refractivity contribution in [2.45, 2.75) is 24.8 Å². The smallest absolute Gasteiger partial charge is 0.344 e. The second-order valence-electron chi connectivity index (χ2n) is 3.25. The molecule has 1 aromatic carbocycles. The molecule has 0 aliphatic rings. The normalized spacial score (nSPS) is 12.2. The predicted molar refractivity (Wildman–Crippen MR) is 66.4 cm³/mol. The number of alkyl halides is 1. The van der Waals surface area contributed by atoms with Crippen LogP contribution >= 0.6 is 27.5 Å². The Bertz CT molecular complexity index is 381. The van der Waals surface area contributed by atoms with Crippen LogP contribution in [0.4, 0.5) is 0 Å². The van der Waals surface area contributed by atoms with Gasteiger partial charge in [-0.15, -0.1) is 0 Å². The monoisotopic (exact) mass is 306 g/mol. The van der Waals surface area contributed by atoms with Crippen molar-refractivity contribution in [1.29, 1.82) is 0 Å². The molecule has 1 rings (SSSR count). The predicted octanol–water partition coefficient (Wildman–Crippen LogP) is 3.48. The lowest BCUT2D eigenvalue weighted by molar-refractivity contribution is -0.145. The van der Waals surface area contributed by atoms with Crippen LogP contribution in [0.5, 0.6) is 5.75 Å². The first-order valence-electron chi connectivity index (χ1n) is 4.82. The summed E-state index contributed by atoms with van der Waals surface area (Å²) in [5.41, 5.74) is 0.986. The second-order valence-corrected chi connectivity index (χ2v) is 4.22. The fraction of sp³-hybridized carbons (Fsp3) is 0.364. The molecule has 0 aromatic heterocycles. The van der Waals surface area contributed by atoms with Gasteiger partial charge in [0, 0.05) is 5.33 Å². The Hall–Kier alpha value is -0.740. The molecule has 16 heavy (non-hydrogen) atoms. The minimum Gasteiger partial charge on any atom is -0.479 e. The molecule has 0 radical (unpaired) electrons. The highest BCUT2D eigenvalue weighted by Crippen LogP contribution is 2.27. The van der Waals surface area contributed by atoms with Gasteiger partial charge in [0.1, 0.15) is 5.75 Å². The summed E-state index contributed by atoms with van der Waals surface area (Å²) in [4.78, 5) is 10.8. The van der Waals surface area contributed by atoms with Crippen molar-refractivity contribution in [3.8, 4) is 5.75 Å². The Balaban J connectivity index is 2.90. The number of carboxylic acids is 1. The zero-order valence-corrected chi connectivity index (χ0v) is 11.1. The summed E-state index contributed by atoms with van der Waals surface area (Å²) in [6, 6.07) is 5.29. The lowest BCUT2D eigenvalue weighted by Crippen LogP contribution is -2.26. The van der Waals surface area contributed by atoms with Gasteiger partial charge in [0.15, 0.2) is 6.10 Å². The number of rotatable bonds is 5. The maximum absolute atomic E-state index is 10.8. The topological polar surface area (TPSA) is 46.5 Å². The van der Waals surface area contributed by atoms with Gasteiger partial charge in [-0.25, -0.2) is 4.79 Å². The summed E-state index contributed by atoms with van der Waals surface area (Å²) in [6.45, 7) is 1.75. The van der Waals surface area contributed by atoms with E-state index in [0.29, 0.717) is 22.5 Å². The van der Waals surface area contributed by atoms with Crippen LogP contribution in [0.3, 0.4) is 0 Å². The number of benzene rings is 1. The van der Waals surface area contributed by atoms with Crippen molar-refractivity contribution >= 4 is 33.5 Å². The standard InChI is InChI=1S/C11H12BrClO3/c1-2-9(11(14)15)16-10-5-7(6-12)3-4-8(10)13/h3-5,9H,2,6H2,1H3,(H,14,15)/t9-/m1/s1. The molecule has 0 fully saturated rings. The summed E-state index contributed by atoms with van der Waals surface area (Å²) >= 11 is 9.24. The highest BCUT2D eigenvalue weighted by molar-refractivity contribution is 9.08. The first kappa shape index (κ1) is 13.3. The second kappa shape index (κ2) is 6.11.